The van der Waals surface area contributed by atoms with Crippen LogP contribution in [0.5, 0.6) is 0 Å². The van der Waals surface area contributed by atoms with E-state index in [0.29, 0.717) is 22.0 Å². The zero-order chi connectivity index (χ0) is 21.0. The lowest BCUT2D eigenvalue weighted by Crippen LogP contribution is -2.29. The molecular formula is C22H21ClN2O3S. The molecule has 0 saturated carbocycles. The number of amides is 1. The second-order valence-electron chi connectivity index (χ2n) is 6.72. The summed E-state index contributed by atoms with van der Waals surface area (Å²) in [4.78, 5) is 12.5. The van der Waals surface area contributed by atoms with Crippen molar-refractivity contribution >= 4 is 38.9 Å². The van der Waals surface area contributed by atoms with E-state index in [-0.39, 0.29) is 12.5 Å². The highest BCUT2D eigenvalue weighted by Crippen LogP contribution is 2.22. The number of para-hydroxylation sites is 1. The Morgan fingerprint density at radius 3 is 2.28 bits per heavy atom. The smallest absolute Gasteiger partial charge is 0.255 e. The van der Waals surface area contributed by atoms with Crippen LogP contribution < -0.4 is 9.62 Å². The summed E-state index contributed by atoms with van der Waals surface area (Å²) in [7, 11) is -3.45. The summed E-state index contributed by atoms with van der Waals surface area (Å²) >= 11 is 6.00. The summed E-state index contributed by atoms with van der Waals surface area (Å²) < 4.78 is 25.8. The minimum atomic E-state index is -3.45. The first-order valence-corrected chi connectivity index (χ1v) is 11.2. The molecule has 0 aliphatic rings. The van der Waals surface area contributed by atoms with Crippen molar-refractivity contribution in [3.63, 3.8) is 0 Å². The Labute approximate surface area is 176 Å². The number of sulfonamides is 1. The maximum absolute atomic E-state index is 12.5. The van der Waals surface area contributed by atoms with E-state index in [1.54, 1.807) is 60.7 Å². The van der Waals surface area contributed by atoms with Crippen molar-refractivity contribution in [2.24, 2.45) is 0 Å². The molecule has 1 amide bonds. The van der Waals surface area contributed by atoms with Crippen molar-refractivity contribution in [2.75, 3.05) is 15.9 Å². The highest BCUT2D eigenvalue weighted by atomic mass is 35.5. The Hall–Kier alpha value is -2.83. The van der Waals surface area contributed by atoms with Gasteiger partial charge >= 0.3 is 0 Å². The van der Waals surface area contributed by atoms with Crippen molar-refractivity contribution < 1.29 is 13.2 Å². The van der Waals surface area contributed by atoms with E-state index in [4.69, 9.17) is 11.6 Å². The predicted molar refractivity (Wildman–Crippen MR) is 118 cm³/mol. The molecular weight excluding hydrogens is 408 g/mol. The van der Waals surface area contributed by atoms with Crippen molar-refractivity contribution in [2.45, 2.75) is 13.5 Å². The van der Waals surface area contributed by atoms with Gasteiger partial charge in [0.05, 0.1) is 18.5 Å². The number of benzene rings is 3. The Morgan fingerprint density at radius 1 is 1.00 bits per heavy atom. The van der Waals surface area contributed by atoms with Crippen LogP contribution in [-0.4, -0.2) is 20.6 Å². The molecule has 0 aromatic heterocycles. The Kier molecular flexibility index (Phi) is 6.25. The van der Waals surface area contributed by atoms with Crippen molar-refractivity contribution in [3.8, 4) is 0 Å². The number of carbonyl (C=O) groups is 1. The monoisotopic (exact) mass is 428 g/mol. The molecule has 7 heteroatoms. The fourth-order valence-corrected chi connectivity index (χ4v) is 3.91. The van der Waals surface area contributed by atoms with Gasteiger partial charge < -0.3 is 5.32 Å². The summed E-state index contributed by atoms with van der Waals surface area (Å²) in [6.07, 6.45) is 1.18. The molecule has 0 atom stereocenters. The van der Waals surface area contributed by atoms with Gasteiger partial charge in [-0.1, -0.05) is 48.0 Å². The standard InChI is InChI=1S/C22H21ClN2O3S/c1-16-8-13-19(23)14-21(16)24-22(26)18-11-9-17(10-12-18)15-25(29(2,27)28)20-6-4-3-5-7-20/h3-14H,15H2,1-2H3,(H,24,26). The van der Waals surface area contributed by atoms with Crippen LogP contribution in [-0.2, 0) is 16.6 Å². The summed E-state index contributed by atoms with van der Waals surface area (Å²) in [6.45, 7) is 2.07. The van der Waals surface area contributed by atoms with Crippen molar-refractivity contribution in [3.05, 3.63) is 94.5 Å². The van der Waals surface area contributed by atoms with Crippen LogP contribution in [0.3, 0.4) is 0 Å². The highest BCUT2D eigenvalue weighted by Gasteiger charge is 2.18. The Balaban J connectivity index is 1.77. The minimum Gasteiger partial charge on any atom is -0.322 e. The summed E-state index contributed by atoms with van der Waals surface area (Å²) in [5.41, 5.74) is 3.40. The van der Waals surface area contributed by atoms with E-state index in [0.717, 1.165) is 11.1 Å². The van der Waals surface area contributed by atoms with Crippen LogP contribution in [0, 0.1) is 6.92 Å². The maximum atomic E-state index is 12.5. The first-order valence-electron chi connectivity index (χ1n) is 8.93. The van der Waals surface area contributed by atoms with E-state index in [2.05, 4.69) is 5.32 Å². The Morgan fingerprint density at radius 2 is 1.66 bits per heavy atom. The van der Waals surface area contributed by atoms with Gasteiger partial charge in [0, 0.05) is 16.3 Å². The minimum absolute atomic E-state index is 0.179. The average molecular weight is 429 g/mol. The molecule has 3 aromatic carbocycles. The predicted octanol–water partition coefficient (Wildman–Crippen LogP) is 4.87. The van der Waals surface area contributed by atoms with E-state index < -0.39 is 10.0 Å². The molecule has 0 aliphatic heterocycles. The van der Waals surface area contributed by atoms with Gasteiger partial charge in [-0.15, -0.1) is 0 Å². The number of nitrogens with zero attached hydrogens (tertiary/aromatic N) is 1. The number of halogens is 1. The number of nitrogens with one attached hydrogen (secondary N) is 1. The maximum Gasteiger partial charge on any atom is 0.255 e. The molecule has 1 N–H and O–H groups in total. The quantitative estimate of drug-likeness (QED) is 0.609. The molecule has 0 unspecified atom stereocenters. The first-order chi connectivity index (χ1) is 13.7. The van der Waals surface area contributed by atoms with Crippen LogP contribution in [0.1, 0.15) is 21.5 Å². The SMILES string of the molecule is Cc1ccc(Cl)cc1NC(=O)c1ccc(CN(c2ccccc2)S(C)(=O)=O)cc1. The van der Waals surface area contributed by atoms with Gasteiger partial charge in [0.2, 0.25) is 10.0 Å². The summed E-state index contributed by atoms with van der Waals surface area (Å²) in [5.74, 6) is -0.259. The summed E-state index contributed by atoms with van der Waals surface area (Å²) in [6, 6.07) is 21.1. The molecule has 0 heterocycles. The normalized spacial score (nSPS) is 11.1. The van der Waals surface area contributed by atoms with Crippen molar-refractivity contribution in [1.29, 1.82) is 0 Å². The molecule has 150 valence electrons. The van der Waals surface area contributed by atoms with Crippen LogP contribution >= 0.6 is 11.6 Å². The Bertz CT molecular complexity index is 1110. The van der Waals surface area contributed by atoms with Crippen LogP contribution in [0.25, 0.3) is 0 Å². The molecule has 0 spiro atoms. The van der Waals surface area contributed by atoms with Crippen LogP contribution in [0.4, 0.5) is 11.4 Å². The van der Waals surface area contributed by atoms with Crippen LogP contribution in [0.15, 0.2) is 72.8 Å². The third-order valence-corrected chi connectivity index (χ3v) is 5.81. The lowest BCUT2D eigenvalue weighted by atomic mass is 10.1. The third kappa shape index (κ3) is 5.37. The van der Waals surface area contributed by atoms with Gasteiger partial charge in [-0.05, 0) is 54.4 Å². The average Bonchev–Trinajstić information content (AvgIpc) is 2.69. The summed E-state index contributed by atoms with van der Waals surface area (Å²) in [5, 5.41) is 3.39. The molecule has 0 radical (unpaired) electrons. The number of anilines is 2. The molecule has 0 fully saturated rings. The zero-order valence-corrected chi connectivity index (χ0v) is 17.7. The van der Waals surface area contributed by atoms with Crippen LogP contribution in [0.2, 0.25) is 5.02 Å². The molecule has 29 heavy (non-hydrogen) atoms. The molecule has 0 bridgehead atoms. The van der Waals surface area contributed by atoms with Gasteiger partial charge in [-0.25, -0.2) is 8.42 Å². The number of aryl methyl sites for hydroxylation is 1. The van der Waals surface area contributed by atoms with E-state index >= 15 is 0 Å². The second kappa shape index (κ2) is 8.68. The lowest BCUT2D eigenvalue weighted by molar-refractivity contribution is 0.102. The molecule has 0 saturated heterocycles. The van der Waals surface area contributed by atoms with Gasteiger partial charge in [-0.2, -0.15) is 0 Å². The molecule has 0 aliphatic carbocycles. The van der Waals surface area contributed by atoms with E-state index in [1.165, 1.54) is 10.6 Å². The number of carbonyl (C=O) groups excluding carboxylic acids is 1. The second-order valence-corrected chi connectivity index (χ2v) is 9.06. The highest BCUT2D eigenvalue weighted by molar-refractivity contribution is 7.92. The van der Waals surface area contributed by atoms with Gasteiger partial charge in [0.25, 0.3) is 5.91 Å². The fraction of sp³-hybridized carbons (Fsp3) is 0.136. The number of hydrogen-bond donors (Lipinski definition) is 1. The van der Waals surface area contributed by atoms with Crippen molar-refractivity contribution in [1.82, 2.24) is 0 Å². The van der Waals surface area contributed by atoms with E-state index in [9.17, 15) is 13.2 Å². The van der Waals surface area contributed by atoms with Gasteiger partial charge in [0.1, 0.15) is 0 Å². The number of hydrogen-bond acceptors (Lipinski definition) is 3. The molecule has 3 aromatic rings. The molecule has 3 rings (SSSR count). The molecule has 5 nitrogen and oxygen atoms in total. The van der Waals surface area contributed by atoms with E-state index in [1.807, 2.05) is 19.1 Å². The third-order valence-electron chi connectivity index (χ3n) is 4.43. The first kappa shape index (κ1) is 20.9. The largest absolute Gasteiger partial charge is 0.322 e. The lowest BCUT2D eigenvalue weighted by Gasteiger charge is -2.22. The topological polar surface area (TPSA) is 66.5 Å². The number of rotatable bonds is 6. The fourth-order valence-electron chi connectivity index (χ4n) is 2.85. The van der Waals surface area contributed by atoms with Gasteiger partial charge in [-0.3, -0.25) is 9.10 Å². The zero-order valence-electron chi connectivity index (χ0n) is 16.1. The van der Waals surface area contributed by atoms with Gasteiger partial charge in [0.15, 0.2) is 0 Å².